The molecule has 7 nitrogen and oxygen atoms in total. The summed E-state index contributed by atoms with van der Waals surface area (Å²) in [6, 6.07) is 28.7. The number of nitrogens with one attached hydrogen (secondary N) is 1. The minimum absolute atomic E-state index is 0.00829. The molecule has 0 bridgehead atoms. The minimum atomic E-state index is -4.20. The van der Waals surface area contributed by atoms with Crippen LogP contribution in [0.4, 0.5) is 5.69 Å². The van der Waals surface area contributed by atoms with Gasteiger partial charge in [-0.1, -0.05) is 87.7 Å². The zero-order chi connectivity index (χ0) is 32.8. The molecule has 0 fully saturated rings. The second kappa shape index (κ2) is 14.6. The molecule has 0 saturated heterocycles. The molecular weight excluding hydrogens is 674 g/mol. The smallest absolute Gasteiger partial charge is 0.264 e. The molecule has 0 saturated carbocycles. The van der Waals surface area contributed by atoms with Crippen LogP contribution in [0, 0.1) is 6.92 Å². The Morgan fingerprint density at radius 2 is 1.44 bits per heavy atom. The average Bonchev–Trinajstić information content (AvgIpc) is 2.99. The molecule has 0 aromatic heterocycles. The first-order chi connectivity index (χ1) is 21.2. The fourth-order valence-electron chi connectivity index (χ4n) is 4.77. The van der Waals surface area contributed by atoms with Gasteiger partial charge in [0.05, 0.1) is 10.6 Å². The summed E-state index contributed by atoms with van der Waals surface area (Å²) in [4.78, 5) is 29.9. The zero-order valence-electron chi connectivity index (χ0n) is 25.7. The molecule has 1 N–H and O–H groups in total. The van der Waals surface area contributed by atoms with E-state index in [0.29, 0.717) is 10.7 Å². The van der Waals surface area contributed by atoms with Gasteiger partial charge in [-0.2, -0.15) is 0 Å². The van der Waals surface area contributed by atoms with E-state index in [1.165, 1.54) is 29.2 Å². The highest BCUT2D eigenvalue weighted by Gasteiger charge is 2.35. The monoisotopic (exact) mass is 709 g/mol. The van der Waals surface area contributed by atoms with Crippen LogP contribution in [0.1, 0.15) is 37.5 Å². The molecule has 0 aliphatic heterocycles. The lowest BCUT2D eigenvalue weighted by molar-refractivity contribution is -0.140. The van der Waals surface area contributed by atoms with E-state index in [1.54, 1.807) is 24.3 Å². The maximum absolute atomic E-state index is 14.5. The van der Waals surface area contributed by atoms with Crippen molar-refractivity contribution in [3.8, 4) is 0 Å². The van der Waals surface area contributed by atoms with Crippen LogP contribution < -0.4 is 9.62 Å². The number of amides is 2. The average molecular weight is 711 g/mol. The summed E-state index contributed by atoms with van der Waals surface area (Å²) < 4.78 is 30.1. The van der Waals surface area contributed by atoms with Crippen LogP contribution >= 0.6 is 27.5 Å². The molecular formula is C35H37BrClN3O4S. The molecule has 45 heavy (non-hydrogen) atoms. The van der Waals surface area contributed by atoms with Crippen molar-refractivity contribution >= 4 is 55.1 Å². The number of hydrogen-bond acceptors (Lipinski definition) is 4. The third-order valence-corrected chi connectivity index (χ3v) is 9.61. The number of halogens is 2. The van der Waals surface area contributed by atoms with Crippen LogP contribution in [-0.2, 0) is 32.6 Å². The Bertz CT molecular complexity index is 1710. The topological polar surface area (TPSA) is 86.8 Å². The number of anilines is 1. The lowest BCUT2D eigenvalue weighted by Crippen LogP contribution is -2.56. The maximum atomic E-state index is 14.5. The Balaban J connectivity index is 1.81. The summed E-state index contributed by atoms with van der Waals surface area (Å²) in [6.45, 7) is 7.09. The number of carbonyl (C=O) groups is 2. The van der Waals surface area contributed by atoms with Gasteiger partial charge in [0.25, 0.3) is 10.0 Å². The summed E-state index contributed by atoms with van der Waals surface area (Å²) in [5.41, 5.74) is 2.35. The van der Waals surface area contributed by atoms with Crippen molar-refractivity contribution in [1.29, 1.82) is 0 Å². The number of carbonyl (C=O) groups excluding carboxylic acids is 2. The number of sulfonamides is 1. The Morgan fingerprint density at radius 1 is 0.844 bits per heavy atom. The predicted octanol–water partition coefficient (Wildman–Crippen LogP) is 7.16. The van der Waals surface area contributed by atoms with Crippen molar-refractivity contribution in [2.45, 2.75) is 57.1 Å². The Morgan fingerprint density at radius 3 is 2.02 bits per heavy atom. The third kappa shape index (κ3) is 9.42. The molecule has 0 heterocycles. The third-order valence-electron chi connectivity index (χ3n) is 7.04. The van der Waals surface area contributed by atoms with Gasteiger partial charge < -0.3 is 10.2 Å². The molecule has 0 aliphatic rings. The fourth-order valence-corrected chi connectivity index (χ4v) is 6.57. The van der Waals surface area contributed by atoms with E-state index >= 15 is 0 Å². The molecule has 1 unspecified atom stereocenters. The summed E-state index contributed by atoms with van der Waals surface area (Å²) >= 11 is 9.51. The van der Waals surface area contributed by atoms with Crippen molar-refractivity contribution in [3.63, 3.8) is 0 Å². The second-order valence-electron chi connectivity index (χ2n) is 11.9. The molecule has 1 atom stereocenters. The van der Waals surface area contributed by atoms with Crippen LogP contribution in [0.3, 0.4) is 0 Å². The fraction of sp³-hybridized carbons (Fsp3) is 0.257. The molecule has 0 radical (unpaired) electrons. The molecule has 4 aromatic carbocycles. The molecule has 0 aliphatic carbocycles. The highest BCUT2D eigenvalue weighted by Crippen LogP contribution is 2.26. The van der Waals surface area contributed by atoms with Gasteiger partial charge >= 0.3 is 0 Å². The molecule has 4 aromatic rings. The zero-order valence-corrected chi connectivity index (χ0v) is 28.9. The number of nitrogens with zero attached hydrogens (tertiary/aromatic N) is 2. The van der Waals surface area contributed by atoms with Crippen LogP contribution in [-0.4, -0.2) is 43.3 Å². The van der Waals surface area contributed by atoms with Crippen molar-refractivity contribution in [3.05, 3.63) is 129 Å². The van der Waals surface area contributed by atoms with E-state index < -0.39 is 34.1 Å². The van der Waals surface area contributed by atoms with Gasteiger partial charge in [-0.25, -0.2) is 8.42 Å². The second-order valence-corrected chi connectivity index (χ2v) is 15.1. The van der Waals surface area contributed by atoms with Crippen molar-refractivity contribution in [2.75, 3.05) is 10.8 Å². The molecule has 10 heteroatoms. The van der Waals surface area contributed by atoms with Gasteiger partial charge in [0, 0.05) is 28.0 Å². The van der Waals surface area contributed by atoms with Gasteiger partial charge in [-0.3, -0.25) is 13.9 Å². The number of benzene rings is 4. The van der Waals surface area contributed by atoms with Crippen LogP contribution in [0.2, 0.25) is 5.02 Å². The SMILES string of the molecule is Cc1ccc(N(CC(=O)N(Cc2ccc(Br)cc2)C(Cc2ccccc2)C(=O)NC(C)(C)C)S(=O)(=O)c2ccc(Cl)cc2)cc1. The lowest BCUT2D eigenvalue weighted by atomic mass is 10.0. The summed E-state index contributed by atoms with van der Waals surface area (Å²) in [5.74, 6) is -0.861. The maximum Gasteiger partial charge on any atom is 0.264 e. The van der Waals surface area contributed by atoms with Gasteiger partial charge in [0.1, 0.15) is 12.6 Å². The van der Waals surface area contributed by atoms with E-state index in [2.05, 4.69) is 21.2 Å². The van der Waals surface area contributed by atoms with E-state index in [-0.39, 0.29) is 23.8 Å². The van der Waals surface area contributed by atoms with Gasteiger partial charge in [-0.15, -0.1) is 0 Å². The van der Waals surface area contributed by atoms with E-state index in [9.17, 15) is 18.0 Å². The van der Waals surface area contributed by atoms with Gasteiger partial charge in [0.2, 0.25) is 11.8 Å². The summed E-state index contributed by atoms with van der Waals surface area (Å²) in [6.07, 6.45) is 0.236. The summed E-state index contributed by atoms with van der Waals surface area (Å²) in [5, 5.41) is 3.43. The van der Waals surface area contributed by atoms with Crippen LogP contribution in [0.15, 0.2) is 112 Å². The highest BCUT2D eigenvalue weighted by molar-refractivity contribution is 9.10. The Hall–Kier alpha value is -3.66. The first-order valence-electron chi connectivity index (χ1n) is 14.5. The first kappa shape index (κ1) is 34.2. The largest absolute Gasteiger partial charge is 0.350 e. The number of aryl methyl sites for hydroxylation is 1. The van der Waals surface area contributed by atoms with E-state index in [0.717, 1.165) is 25.5 Å². The van der Waals surface area contributed by atoms with Crippen molar-refractivity contribution < 1.29 is 18.0 Å². The number of hydrogen-bond donors (Lipinski definition) is 1. The Labute approximate surface area is 279 Å². The molecule has 2 amide bonds. The van der Waals surface area contributed by atoms with E-state index in [1.807, 2.05) is 82.3 Å². The van der Waals surface area contributed by atoms with Crippen molar-refractivity contribution in [2.24, 2.45) is 0 Å². The summed E-state index contributed by atoms with van der Waals surface area (Å²) in [7, 11) is -4.20. The van der Waals surface area contributed by atoms with Gasteiger partial charge in [0.15, 0.2) is 0 Å². The molecule has 236 valence electrons. The predicted molar refractivity (Wildman–Crippen MR) is 184 cm³/mol. The quantitative estimate of drug-likeness (QED) is 0.179. The van der Waals surface area contributed by atoms with Crippen molar-refractivity contribution in [1.82, 2.24) is 10.2 Å². The first-order valence-corrected chi connectivity index (χ1v) is 17.1. The Kier molecular flexibility index (Phi) is 11.1. The minimum Gasteiger partial charge on any atom is -0.350 e. The van der Waals surface area contributed by atoms with E-state index in [4.69, 9.17) is 11.6 Å². The standard InChI is InChI=1S/C35H37BrClN3O4S/c1-25-10-18-30(19-11-25)40(45(43,44)31-20-16-29(37)17-21-31)24-33(41)39(23-27-12-14-28(36)15-13-27)32(34(42)38-35(2,3)4)22-26-8-6-5-7-9-26/h5-21,32H,22-24H2,1-4H3,(H,38,42). The molecule has 0 spiro atoms. The van der Waals surface area contributed by atoms with Crippen LogP contribution in [0.5, 0.6) is 0 Å². The molecule has 4 rings (SSSR count). The van der Waals surface area contributed by atoms with Crippen LogP contribution in [0.25, 0.3) is 0 Å². The highest BCUT2D eigenvalue weighted by atomic mass is 79.9. The van der Waals surface area contributed by atoms with Gasteiger partial charge in [-0.05, 0) is 87.4 Å². The lowest BCUT2D eigenvalue weighted by Gasteiger charge is -2.35. The number of rotatable bonds is 11. The normalized spacial score (nSPS) is 12.3.